The molecule has 17 heteroatoms. The quantitative estimate of drug-likeness (QED) is 0.0414. The molecule has 2 aromatic carbocycles. The summed E-state index contributed by atoms with van der Waals surface area (Å²) >= 11 is 6.45. The molecule has 0 radical (unpaired) electrons. The Hall–Kier alpha value is -5.38. The van der Waals surface area contributed by atoms with Crippen molar-refractivity contribution in [1.82, 2.24) is 29.8 Å². The first-order chi connectivity index (χ1) is 23.6. The molecule has 0 amide bonds. The highest BCUT2D eigenvalue weighted by atomic mass is 35.5. The first-order valence-corrected chi connectivity index (χ1v) is 16.1. The third kappa shape index (κ3) is 10.1. The highest BCUT2D eigenvalue weighted by Crippen LogP contribution is 2.30. The van der Waals surface area contributed by atoms with Crippen LogP contribution in [0.2, 0.25) is 5.15 Å². The monoisotopic (exact) mass is 697 g/mol. The van der Waals surface area contributed by atoms with Gasteiger partial charge in [-0.15, -0.1) is 20.3 Å². The molecule has 0 N–H and O–H groups in total. The Bertz CT molecular complexity index is 1760. The van der Waals surface area contributed by atoms with Crippen LogP contribution < -0.4 is 0 Å². The maximum atomic E-state index is 13.2. The number of esters is 1. The summed E-state index contributed by atoms with van der Waals surface area (Å²) in [4.78, 5) is 57.3. The molecule has 0 bridgehead atoms. The van der Waals surface area contributed by atoms with Crippen LogP contribution in [0.25, 0.3) is 22.5 Å². The minimum atomic E-state index is -1.22. The zero-order chi connectivity index (χ0) is 35.3. The topological polar surface area (TPSA) is 193 Å². The van der Waals surface area contributed by atoms with Crippen LogP contribution in [0.4, 0.5) is 4.79 Å². The summed E-state index contributed by atoms with van der Waals surface area (Å²) in [7, 11) is 0. The molecule has 2 aromatic heterocycles. The van der Waals surface area contributed by atoms with Gasteiger partial charge in [0.1, 0.15) is 5.82 Å². The Morgan fingerprint density at radius 2 is 1.73 bits per heavy atom. The molecule has 4 aromatic rings. The largest absolute Gasteiger partial charge is 0.511 e. The van der Waals surface area contributed by atoms with Gasteiger partial charge >= 0.3 is 12.1 Å². The molecule has 0 spiro atoms. The van der Waals surface area contributed by atoms with Gasteiger partial charge in [-0.2, -0.15) is 0 Å². The van der Waals surface area contributed by atoms with Gasteiger partial charge in [-0.05, 0) is 48.1 Å². The highest BCUT2D eigenvalue weighted by Gasteiger charge is 2.26. The van der Waals surface area contributed by atoms with Crippen LogP contribution in [0.1, 0.15) is 79.5 Å². The first kappa shape index (κ1) is 36.5. The lowest BCUT2D eigenvalue weighted by molar-refractivity contribution is -0.757. The Morgan fingerprint density at radius 3 is 2.43 bits per heavy atom. The molecule has 0 aliphatic carbocycles. The van der Waals surface area contributed by atoms with E-state index in [2.05, 4.69) is 25.2 Å². The number of ether oxygens (including phenoxy) is 3. The normalized spacial score (nSPS) is 11.5. The Labute approximate surface area is 286 Å². The van der Waals surface area contributed by atoms with Crippen molar-refractivity contribution < 1.29 is 38.5 Å². The van der Waals surface area contributed by atoms with Gasteiger partial charge in [0.2, 0.25) is 12.1 Å². The molecule has 2 heterocycles. The molecule has 0 saturated carbocycles. The van der Waals surface area contributed by atoms with Crippen molar-refractivity contribution in [2.24, 2.45) is 0 Å². The number of carbonyl (C=O) groups excluding carboxylic acids is 3. The lowest BCUT2D eigenvalue weighted by Crippen LogP contribution is -2.24. The number of aromatic nitrogens is 6. The molecular weight excluding hydrogens is 662 g/mol. The summed E-state index contributed by atoms with van der Waals surface area (Å²) in [6.45, 7) is 5.34. The van der Waals surface area contributed by atoms with Crippen molar-refractivity contribution in [2.45, 2.75) is 72.1 Å². The molecule has 16 nitrogen and oxygen atoms in total. The van der Waals surface area contributed by atoms with E-state index in [1.807, 2.05) is 55.5 Å². The van der Waals surface area contributed by atoms with Gasteiger partial charge in [-0.1, -0.05) is 78.3 Å². The van der Waals surface area contributed by atoms with Crippen LogP contribution in [0.3, 0.4) is 0 Å². The Kier molecular flexibility index (Phi) is 13.2. The van der Waals surface area contributed by atoms with E-state index in [0.717, 1.165) is 34.3 Å². The number of hydrogen-bond acceptors (Lipinski definition) is 13. The predicted octanol–water partition coefficient (Wildman–Crippen LogP) is 5.94. The summed E-state index contributed by atoms with van der Waals surface area (Å²) in [5.41, 5.74) is 3.17. The predicted molar refractivity (Wildman–Crippen MR) is 174 cm³/mol. The molecule has 0 aliphatic heterocycles. The van der Waals surface area contributed by atoms with Gasteiger partial charge in [-0.3, -0.25) is 4.79 Å². The summed E-state index contributed by atoms with van der Waals surface area (Å²) in [5.74, 6) is -0.335. The average molecular weight is 698 g/mol. The smallest absolute Gasteiger partial charge is 0.435 e. The van der Waals surface area contributed by atoms with Crippen LogP contribution in [-0.2, 0) is 32.0 Å². The van der Waals surface area contributed by atoms with E-state index in [-0.39, 0.29) is 42.9 Å². The molecule has 260 valence electrons. The van der Waals surface area contributed by atoms with E-state index >= 15 is 0 Å². The van der Waals surface area contributed by atoms with E-state index in [1.165, 1.54) is 6.92 Å². The SMILES string of the molecule is CCCCc1nc(Cl)c(C(=O)OC(C)OC(=O)OCC)n1Cc1ccc(-c2ccccc2-c2nnn(C(=O)CCCCO[N+](=O)[O-])n2)cc1. The zero-order valence-corrected chi connectivity index (χ0v) is 28.0. The fraction of sp³-hybridized carbons (Fsp3) is 0.406. The van der Waals surface area contributed by atoms with E-state index in [1.54, 1.807) is 11.5 Å². The average Bonchev–Trinajstić information content (AvgIpc) is 3.68. The maximum Gasteiger partial charge on any atom is 0.511 e. The van der Waals surface area contributed by atoms with Gasteiger partial charge in [0.05, 0.1) is 13.2 Å². The number of benzene rings is 2. The van der Waals surface area contributed by atoms with Crippen molar-refractivity contribution in [3.63, 3.8) is 0 Å². The van der Waals surface area contributed by atoms with Crippen LogP contribution in [0.5, 0.6) is 0 Å². The molecule has 4 rings (SSSR count). The molecule has 0 fully saturated rings. The lowest BCUT2D eigenvalue weighted by atomic mass is 9.98. The second-order valence-corrected chi connectivity index (χ2v) is 11.0. The third-order valence-electron chi connectivity index (χ3n) is 7.14. The number of tetrazole rings is 1. The number of nitrogens with zero attached hydrogens (tertiary/aromatic N) is 7. The van der Waals surface area contributed by atoms with Crippen molar-refractivity contribution in [3.8, 4) is 22.5 Å². The molecule has 1 unspecified atom stereocenters. The van der Waals surface area contributed by atoms with Gasteiger partial charge in [-0.25, -0.2) is 14.6 Å². The number of unbranched alkanes of at least 4 members (excludes halogenated alkanes) is 2. The minimum Gasteiger partial charge on any atom is -0.435 e. The second kappa shape index (κ2) is 17.7. The molecule has 1 atom stereocenters. The van der Waals surface area contributed by atoms with Crippen LogP contribution in [-0.4, -0.2) is 72.4 Å². The fourth-order valence-electron chi connectivity index (χ4n) is 4.82. The van der Waals surface area contributed by atoms with Crippen molar-refractivity contribution >= 4 is 29.6 Å². The summed E-state index contributed by atoms with van der Waals surface area (Å²) in [6.07, 6.45) is 0.891. The summed E-state index contributed by atoms with van der Waals surface area (Å²) in [6, 6.07) is 15.0. The van der Waals surface area contributed by atoms with Crippen LogP contribution >= 0.6 is 11.6 Å². The number of rotatable bonds is 17. The number of imidazole rings is 1. The highest BCUT2D eigenvalue weighted by molar-refractivity contribution is 6.32. The summed E-state index contributed by atoms with van der Waals surface area (Å²) < 4.78 is 16.8. The van der Waals surface area contributed by atoms with E-state index in [9.17, 15) is 24.5 Å². The van der Waals surface area contributed by atoms with Crippen molar-refractivity contribution in [3.05, 3.63) is 80.9 Å². The van der Waals surface area contributed by atoms with Gasteiger partial charge < -0.3 is 23.6 Å². The van der Waals surface area contributed by atoms with Gasteiger partial charge in [0.15, 0.2) is 10.8 Å². The minimum absolute atomic E-state index is 0.0205. The second-order valence-electron chi connectivity index (χ2n) is 10.7. The van der Waals surface area contributed by atoms with Crippen molar-refractivity contribution in [2.75, 3.05) is 13.2 Å². The Morgan fingerprint density at radius 1 is 1.00 bits per heavy atom. The van der Waals surface area contributed by atoms with Crippen LogP contribution in [0, 0.1) is 10.1 Å². The van der Waals surface area contributed by atoms with Crippen molar-refractivity contribution in [1.29, 1.82) is 0 Å². The van der Waals surface area contributed by atoms with E-state index in [0.29, 0.717) is 30.7 Å². The van der Waals surface area contributed by atoms with E-state index < -0.39 is 29.4 Å². The molecule has 49 heavy (non-hydrogen) atoms. The van der Waals surface area contributed by atoms with Gasteiger partial charge in [0.25, 0.3) is 11.0 Å². The summed E-state index contributed by atoms with van der Waals surface area (Å²) in [5, 5.41) is 21.7. The molecule has 0 saturated heterocycles. The fourth-order valence-corrected chi connectivity index (χ4v) is 5.10. The number of halogens is 1. The van der Waals surface area contributed by atoms with Gasteiger partial charge in [0, 0.05) is 31.9 Å². The number of carbonyl (C=O) groups is 3. The van der Waals surface area contributed by atoms with E-state index in [4.69, 9.17) is 25.8 Å². The standard InChI is InChI=1S/C32H36ClN7O9/c1-4-6-13-26-34-29(33)28(31(42)48-21(3)49-32(43)46-5-2)38(26)20-22-15-17-23(18-16-22)24-11-7-8-12-25(24)30-35-37-39(36-30)27(41)14-9-10-19-47-40(44)45/h7-8,11-12,15-18,21H,4-6,9-10,13-14,19-20H2,1-3H3. The maximum absolute atomic E-state index is 13.2. The molecule has 0 aliphatic rings. The molecular formula is C32H36ClN7O9. The number of aryl methyl sites for hydroxylation is 1. The lowest BCUT2D eigenvalue weighted by Gasteiger charge is -2.16. The third-order valence-corrected chi connectivity index (χ3v) is 7.40. The Balaban J connectivity index is 1.51. The zero-order valence-electron chi connectivity index (χ0n) is 27.2. The van der Waals surface area contributed by atoms with Crippen LogP contribution in [0.15, 0.2) is 48.5 Å². The number of hydrogen-bond donors (Lipinski definition) is 0. The first-order valence-electron chi connectivity index (χ1n) is 15.7.